The van der Waals surface area contributed by atoms with E-state index in [1.165, 1.54) is 0 Å². The molecule has 0 radical (unpaired) electrons. The molecule has 0 aliphatic heterocycles. The molecule has 0 aliphatic carbocycles. The molecule has 0 saturated heterocycles. The lowest BCUT2D eigenvalue weighted by Crippen LogP contribution is -2.29. The second-order valence-electron chi connectivity index (χ2n) is 5.14. The number of amides is 1. The van der Waals surface area contributed by atoms with Crippen molar-refractivity contribution in [1.29, 1.82) is 0 Å². The van der Waals surface area contributed by atoms with Gasteiger partial charge in [0, 0.05) is 16.5 Å². The van der Waals surface area contributed by atoms with Gasteiger partial charge in [0.25, 0.3) is 5.91 Å². The van der Waals surface area contributed by atoms with Crippen molar-refractivity contribution < 1.29 is 19.4 Å². The molecule has 3 aromatic rings. The maximum atomic E-state index is 11.8. The highest BCUT2D eigenvalue weighted by molar-refractivity contribution is 5.97. The molecule has 0 fully saturated rings. The maximum absolute atomic E-state index is 11.8. The molecular weight excluding hydrogens is 310 g/mol. The monoisotopic (exact) mass is 325 g/mol. The van der Waals surface area contributed by atoms with Crippen LogP contribution in [0.15, 0.2) is 42.5 Å². The predicted octanol–water partition coefficient (Wildman–Crippen LogP) is 2.05. The van der Waals surface area contributed by atoms with Crippen molar-refractivity contribution in [2.45, 2.75) is 0 Å². The van der Waals surface area contributed by atoms with Crippen LogP contribution in [0.3, 0.4) is 0 Å². The number of methoxy groups -OCH3 is 1. The Labute approximate surface area is 137 Å². The number of aliphatic carboxylic acids is 1. The van der Waals surface area contributed by atoms with Crippen molar-refractivity contribution in [3.8, 4) is 17.0 Å². The number of nitrogens with one attached hydrogen (secondary N) is 2. The fourth-order valence-electron chi connectivity index (χ4n) is 2.38. The highest BCUT2D eigenvalue weighted by Crippen LogP contribution is 2.29. The minimum atomic E-state index is -1.09. The van der Waals surface area contributed by atoms with E-state index < -0.39 is 18.4 Å². The smallest absolute Gasteiger partial charge is 0.322 e. The molecule has 2 aromatic carbocycles. The first-order chi connectivity index (χ1) is 11.6. The van der Waals surface area contributed by atoms with Gasteiger partial charge in [-0.15, -0.1) is 0 Å². The Morgan fingerprint density at radius 2 is 1.96 bits per heavy atom. The number of benzene rings is 2. The molecule has 0 bridgehead atoms. The van der Waals surface area contributed by atoms with Crippen LogP contribution in [0, 0.1) is 0 Å². The third-order valence-electron chi connectivity index (χ3n) is 3.59. The summed E-state index contributed by atoms with van der Waals surface area (Å²) in [5.41, 5.74) is 2.86. The second-order valence-corrected chi connectivity index (χ2v) is 5.14. The van der Waals surface area contributed by atoms with E-state index in [2.05, 4.69) is 15.5 Å². The number of fused-ring (bicyclic) bond motifs is 1. The molecule has 1 amide bonds. The van der Waals surface area contributed by atoms with E-state index in [9.17, 15) is 9.59 Å². The Kier molecular flexibility index (Phi) is 4.15. The van der Waals surface area contributed by atoms with Gasteiger partial charge in [-0.05, 0) is 30.3 Å². The first-order valence-electron chi connectivity index (χ1n) is 7.21. The Hall–Kier alpha value is -3.35. The summed E-state index contributed by atoms with van der Waals surface area (Å²) in [4.78, 5) is 22.3. The molecule has 0 saturated carbocycles. The average molecular weight is 325 g/mol. The van der Waals surface area contributed by atoms with E-state index in [0.717, 1.165) is 27.9 Å². The zero-order valence-corrected chi connectivity index (χ0v) is 12.9. The van der Waals surface area contributed by atoms with Crippen LogP contribution in [-0.4, -0.2) is 40.8 Å². The fraction of sp³-hybridized carbons (Fsp3) is 0.118. The molecule has 1 heterocycles. The summed E-state index contributed by atoms with van der Waals surface area (Å²) in [6.07, 6.45) is 0. The first kappa shape index (κ1) is 15.5. The van der Waals surface area contributed by atoms with Gasteiger partial charge in [-0.25, -0.2) is 0 Å². The lowest BCUT2D eigenvalue weighted by Gasteiger charge is -2.04. The Morgan fingerprint density at radius 3 is 2.62 bits per heavy atom. The molecule has 0 spiro atoms. The number of carbonyl (C=O) groups excluding carboxylic acids is 1. The van der Waals surface area contributed by atoms with Gasteiger partial charge in [-0.2, -0.15) is 5.10 Å². The summed E-state index contributed by atoms with van der Waals surface area (Å²) in [7, 11) is 1.60. The van der Waals surface area contributed by atoms with E-state index >= 15 is 0 Å². The summed E-state index contributed by atoms with van der Waals surface area (Å²) in [5, 5.41) is 19.1. The number of H-pyrrole nitrogens is 1. The summed E-state index contributed by atoms with van der Waals surface area (Å²) in [6.45, 7) is -0.412. The number of aromatic amines is 1. The molecular formula is C17H15N3O4. The van der Waals surface area contributed by atoms with Gasteiger partial charge in [-0.1, -0.05) is 12.1 Å². The van der Waals surface area contributed by atoms with Gasteiger partial charge in [-0.3, -0.25) is 14.7 Å². The zero-order chi connectivity index (χ0) is 17.1. The minimum absolute atomic E-state index is 0.387. The number of carbonyl (C=O) groups is 2. The van der Waals surface area contributed by atoms with E-state index in [4.69, 9.17) is 9.84 Å². The Morgan fingerprint density at radius 1 is 1.21 bits per heavy atom. The van der Waals surface area contributed by atoms with Gasteiger partial charge in [0.2, 0.25) is 0 Å². The van der Waals surface area contributed by atoms with Gasteiger partial charge >= 0.3 is 5.97 Å². The predicted molar refractivity (Wildman–Crippen MR) is 88.1 cm³/mol. The molecule has 3 N–H and O–H groups in total. The van der Waals surface area contributed by atoms with Crippen molar-refractivity contribution >= 4 is 22.8 Å². The van der Waals surface area contributed by atoms with Crippen LogP contribution in [-0.2, 0) is 4.79 Å². The van der Waals surface area contributed by atoms with E-state index in [0.29, 0.717) is 5.56 Å². The molecule has 7 nitrogen and oxygen atoms in total. The van der Waals surface area contributed by atoms with Gasteiger partial charge in [0.05, 0.1) is 12.6 Å². The maximum Gasteiger partial charge on any atom is 0.322 e. The SMILES string of the molecule is COc1ccc2[nH]nc(-c3ccc(C(=O)NCC(=O)O)cc3)c2c1. The molecule has 1 aromatic heterocycles. The zero-order valence-electron chi connectivity index (χ0n) is 12.9. The number of carboxylic acids is 1. The summed E-state index contributed by atoms with van der Waals surface area (Å²) >= 11 is 0. The van der Waals surface area contributed by atoms with E-state index in [1.54, 1.807) is 31.4 Å². The summed E-state index contributed by atoms with van der Waals surface area (Å²) < 4.78 is 5.24. The number of rotatable bonds is 5. The molecule has 122 valence electrons. The molecule has 3 rings (SSSR count). The van der Waals surface area contributed by atoms with E-state index in [-0.39, 0.29) is 0 Å². The standard InChI is InChI=1S/C17H15N3O4/c1-24-12-6-7-14-13(8-12)16(20-19-14)10-2-4-11(5-3-10)17(23)18-9-15(21)22/h2-8H,9H2,1H3,(H,18,23)(H,19,20)(H,21,22). The van der Waals surface area contributed by atoms with Gasteiger partial charge in [0.1, 0.15) is 18.0 Å². The van der Waals surface area contributed by atoms with Crippen LogP contribution < -0.4 is 10.1 Å². The lowest BCUT2D eigenvalue weighted by molar-refractivity contribution is -0.135. The summed E-state index contributed by atoms with van der Waals surface area (Å²) in [6, 6.07) is 12.4. The van der Waals surface area contributed by atoms with Crippen molar-refractivity contribution in [3.05, 3.63) is 48.0 Å². The van der Waals surface area contributed by atoms with Gasteiger partial charge < -0.3 is 15.2 Å². The number of hydrogen-bond acceptors (Lipinski definition) is 4. The molecule has 0 unspecified atom stereocenters. The molecule has 24 heavy (non-hydrogen) atoms. The number of ether oxygens (including phenoxy) is 1. The second kappa shape index (κ2) is 6.41. The van der Waals surface area contributed by atoms with E-state index in [1.807, 2.05) is 18.2 Å². The topological polar surface area (TPSA) is 104 Å². The highest BCUT2D eigenvalue weighted by Gasteiger charge is 2.11. The first-order valence-corrected chi connectivity index (χ1v) is 7.21. The molecule has 0 aliphatic rings. The number of hydrogen-bond donors (Lipinski definition) is 3. The number of aromatic nitrogens is 2. The Balaban J connectivity index is 1.88. The summed E-state index contributed by atoms with van der Waals surface area (Å²) in [5.74, 6) is -0.788. The van der Waals surface area contributed by atoms with Crippen LogP contribution in [0.25, 0.3) is 22.2 Å². The van der Waals surface area contributed by atoms with Crippen LogP contribution in [0.5, 0.6) is 5.75 Å². The van der Waals surface area contributed by atoms with Crippen molar-refractivity contribution in [2.24, 2.45) is 0 Å². The van der Waals surface area contributed by atoms with Crippen LogP contribution in [0.1, 0.15) is 10.4 Å². The van der Waals surface area contributed by atoms with Crippen LogP contribution in [0.2, 0.25) is 0 Å². The average Bonchev–Trinajstić information content (AvgIpc) is 3.02. The number of carboxylic acid groups (broad SMARTS) is 1. The fourth-order valence-corrected chi connectivity index (χ4v) is 2.38. The van der Waals surface area contributed by atoms with Crippen molar-refractivity contribution in [2.75, 3.05) is 13.7 Å². The third-order valence-corrected chi connectivity index (χ3v) is 3.59. The van der Waals surface area contributed by atoms with Crippen molar-refractivity contribution in [3.63, 3.8) is 0 Å². The van der Waals surface area contributed by atoms with Crippen LogP contribution >= 0.6 is 0 Å². The van der Waals surface area contributed by atoms with Crippen LogP contribution in [0.4, 0.5) is 0 Å². The minimum Gasteiger partial charge on any atom is -0.497 e. The number of nitrogens with zero attached hydrogens (tertiary/aromatic N) is 1. The Bertz CT molecular complexity index is 900. The quantitative estimate of drug-likeness (QED) is 0.666. The molecule has 0 atom stereocenters. The lowest BCUT2D eigenvalue weighted by atomic mass is 10.1. The van der Waals surface area contributed by atoms with Crippen molar-refractivity contribution in [1.82, 2.24) is 15.5 Å². The largest absolute Gasteiger partial charge is 0.497 e. The highest BCUT2D eigenvalue weighted by atomic mass is 16.5. The third kappa shape index (κ3) is 3.05. The van der Waals surface area contributed by atoms with Gasteiger partial charge in [0.15, 0.2) is 0 Å². The molecule has 7 heteroatoms. The normalized spacial score (nSPS) is 10.5.